The van der Waals surface area contributed by atoms with Gasteiger partial charge in [0.05, 0.1) is 28.6 Å². The van der Waals surface area contributed by atoms with E-state index in [-0.39, 0.29) is 41.3 Å². The average Bonchev–Trinajstić information content (AvgIpc) is 2.85. The van der Waals surface area contributed by atoms with Crippen LogP contribution in [0.2, 0.25) is 5.02 Å². The molecule has 2 aromatic carbocycles. The van der Waals surface area contributed by atoms with Crippen LogP contribution in [0.15, 0.2) is 60.7 Å². The summed E-state index contributed by atoms with van der Waals surface area (Å²) in [6, 6.07) is 18.4. The summed E-state index contributed by atoms with van der Waals surface area (Å²) in [6.45, 7) is 2.44. The summed E-state index contributed by atoms with van der Waals surface area (Å²) in [5, 5.41) is 20.6. The molecule has 0 fully saturated rings. The Labute approximate surface area is 206 Å². The Morgan fingerprint density at radius 1 is 1.09 bits per heavy atom. The van der Waals surface area contributed by atoms with Gasteiger partial charge in [0.25, 0.3) is 0 Å². The topological polar surface area (TPSA) is 119 Å². The van der Waals surface area contributed by atoms with Crippen LogP contribution in [0.1, 0.15) is 24.5 Å². The Morgan fingerprint density at radius 2 is 1.74 bits per heavy atom. The normalized spacial score (nSPS) is 11.6. The van der Waals surface area contributed by atoms with Crippen LogP contribution in [0.5, 0.6) is 0 Å². The molecule has 10 heteroatoms. The van der Waals surface area contributed by atoms with Crippen molar-refractivity contribution in [3.8, 4) is 11.3 Å². The first-order valence-corrected chi connectivity index (χ1v) is 12.4. The molecule has 3 N–H and O–H groups in total. The lowest BCUT2D eigenvalue weighted by Gasteiger charge is -2.22. The van der Waals surface area contributed by atoms with Crippen LogP contribution >= 0.6 is 11.6 Å². The maximum Gasteiger partial charge on any atom is 0.241 e. The van der Waals surface area contributed by atoms with E-state index in [1.54, 1.807) is 12.1 Å². The third kappa shape index (κ3) is 6.47. The van der Waals surface area contributed by atoms with E-state index in [0.717, 1.165) is 5.56 Å². The lowest BCUT2D eigenvalue weighted by molar-refractivity contribution is -0.129. The number of hydrogen-bond acceptors (Lipinski definition) is 6. The van der Waals surface area contributed by atoms with Gasteiger partial charge in [-0.15, -0.1) is 10.2 Å². The molecule has 0 bridgehead atoms. The van der Waals surface area contributed by atoms with Crippen LogP contribution in [0, 0.1) is 5.41 Å². The number of hydrogen-bond donors (Lipinski definition) is 3. The van der Waals surface area contributed by atoms with Gasteiger partial charge < -0.3 is 14.8 Å². The fraction of sp³-hybridized carbons (Fsp3) is 0.250. The van der Waals surface area contributed by atoms with Crippen molar-refractivity contribution in [3.63, 3.8) is 0 Å². The zero-order valence-electron chi connectivity index (χ0n) is 18.7. The highest BCUT2D eigenvalue weighted by molar-refractivity contribution is 7.79. The molecule has 1 aromatic heterocycles. The molecule has 0 spiro atoms. The monoisotopic (exact) mass is 499 g/mol. The minimum Gasteiger partial charge on any atom is -0.359 e. The first-order chi connectivity index (χ1) is 16.4. The van der Waals surface area contributed by atoms with Crippen molar-refractivity contribution < 1.29 is 13.6 Å². The van der Waals surface area contributed by atoms with Gasteiger partial charge in [-0.25, -0.2) is 4.21 Å². The van der Waals surface area contributed by atoms with Gasteiger partial charge in [0.1, 0.15) is 5.69 Å². The van der Waals surface area contributed by atoms with E-state index in [0.29, 0.717) is 29.8 Å². The van der Waals surface area contributed by atoms with Crippen molar-refractivity contribution in [2.75, 3.05) is 30.7 Å². The molecule has 1 atom stereocenters. The molecule has 0 radical (unpaired) electrons. The lowest BCUT2D eigenvalue weighted by atomic mass is 10.0. The number of aromatic nitrogens is 2. The van der Waals surface area contributed by atoms with E-state index in [9.17, 15) is 9.00 Å². The zero-order valence-corrected chi connectivity index (χ0v) is 20.3. The van der Waals surface area contributed by atoms with E-state index in [2.05, 4.69) is 15.5 Å². The second-order valence-corrected chi connectivity index (χ2v) is 8.88. The predicted molar refractivity (Wildman–Crippen MR) is 136 cm³/mol. The van der Waals surface area contributed by atoms with Crippen molar-refractivity contribution in [1.29, 1.82) is 5.41 Å². The van der Waals surface area contributed by atoms with Gasteiger partial charge in [-0.1, -0.05) is 79.2 Å². The highest BCUT2D eigenvalue weighted by Crippen LogP contribution is 2.33. The molecule has 1 unspecified atom stereocenters. The number of halogens is 1. The molecule has 3 aromatic rings. The van der Waals surface area contributed by atoms with Crippen LogP contribution in [0.25, 0.3) is 11.3 Å². The van der Waals surface area contributed by atoms with Crippen molar-refractivity contribution in [3.05, 3.63) is 76.8 Å². The number of nitrogens with zero attached hydrogens (tertiary/aromatic N) is 3. The van der Waals surface area contributed by atoms with E-state index >= 15 is 0 Å². The molecule has 34 heavy (non-hydrogen) atoms. The first-order valence-electron chi connectivity index (χ1n) is 10.8. The summed E-state index contributed by atoms with van der Waals surface area (Å²) in [4.78, 5) is 14.3. The number of benzene rings is 2. The Bertz CT molecular complexity index is 1160. The van der Waals surface area contributed by atoms with Gasteiger partial charge in [0, 0.05) is 24.2 Å². The molecule has 1 heterocycles. The molecular weight excluding hydrogens is 474 g/mol. The largest absolute Gasteiger partial charge is 0.359 e. The van der Waals surface area contributed by atoms with Gasteiger partial charge in [-0.2, -0.15) is 0 Å². The number of rotatable bonds is 11. The summed E-state index contributed by atoms with van der Waals surface area (Å²) in [5.41, 5.74) is 2.33. The number of amides is 1. The van der Waals surface area contributed by atoms with E-state index < -0.39 is 11.1 Å². The van der Waals surface area contributed by atoms with Gasteiger partial charge >= 0.3 is 0 Å². The van der Waals surface area contributed by atoms with Crippen LogP contribution in [0.3, 0.4) is 0 Å². The Morgan fingerprint density at radius 3 is 2.35 bits per heavy atom. The molecular formula is C24H26ClN5O3S. The molecule has 3 rings (SSSR count). The highest BCUT2D eigenvalue weighted by atomic mass is 35.5. The Balaban J connectivity index is 1.93. The first kappa shape index (κ1) is 25.5. The average molecular weight is 500 g/mol. The second kappa shape index (κ2) is 12.4. The number of carbonyl (C=O) groups excluding carboxylic acids is 1. The quantitative estimate of drug-likeness (QED) is 0.270. The van der Waals surface area contributed by atoms with Crippen LogP contribution in [-0.4, -0.2) is 60.9 Å². The maximum absolute atomic E-state index is 12.8. The van der Waals surface area contributed by atoms with Gasteiger partial charge in [-0.05, 0) is 6.42 Å². The SMILES string of the molecule is CCCN(CCS(=O)O)C(=O)CNc1nnc(-c2ccccc2)c(Cl)c1C(=N)c1ccccc1. The lowest BCUT2D eigenvalue weighted by Crippen LogP contribution is -2.38. The molecule has 0 aliphatic rings. The number of carbonyl (C=O) groups is 1. The Hall–Kier alpha value is -3.14. The minimum atomic E-state index is -1.98. The third-order valence-electron chi connectivity index (χ3n) is 5.06. The minimum absolute atomic E-state index is 0.0208. The van der Waals surface area contributed by atoms with E-state index in [4.69, 9.17) is 21.6 Å². The number of anilines is 1. The maximum atomic E-state index is 12.8. The van der Waals surface area contributed by atoms with Gasteiger partial charge in [0.15, 0.2) is 16.9 Å². The zero-order chi connectivity index (χ0) is 24.5. The van der Waals surface area contributed by atoms with Crippen molar-refractivity contribution >= 4 is 40.1 Å². The standard InChI is InChI=1S/C24H26ClN5O3S/c1-2-13-30(14-15-34(32)33)19(31)16-27-24-20(22(26)17-9-5-3-6-10-17)21(25)23(28-29-24)18-11-7-4-8-12-18/h3-12,26H,2,13-16H2,1H3,(H,27,29)(H,32,33). The van der Waals surface area contributed by atoms with Crippen LogP contribution in [-0.2, 0) is 15.9 Å². The van der Waals surface area contributed by atoms with Crippen LogP contribution < -0.4 is 5.32 Å². The van der Waals surface area contributed by atoms with Gasteiger partial charge in [0.2, 0.25) is 5.91 Å². The predicted octanol–water partition coefficient (Wildman–Crippen LogP) is 4.09. The summed E-state index contributed by atoms with van der Waals surface area (Å²) >= 11 is 4.78. The number of nitrogens with one attached hydrogen (secondary N) is 2. The van der Waals surface area contributed by atoms with Crippen molar-refractivity contribution in [1.82, 2.24) is 15.1 Å². The van der Waals surface area contributed by atoms with E-state index in [1.807, 2.05) is 55.5 Å². The summed E-state index contributed by atoms with van der Waals surface area (Å²) < 4.78 is 20.1. The Kier molecular flexibility index (Phi) is 9.26. The fourth-order valence-electron chi connectivity index (χ4n) is 3.39. The van der Waals surface area contributed by atoms with Crippen LogP contribution in [0.4, 0.5) is 5.82 Å². The molecule has 178 valence electrons. The van der Waals surface area contributed by atoms with Gasteiger partial charge in [-0.3, -0.25) is 10.2 Å². The smallest absolute Gasteiger partial charge is 0.241 e. The molecule has 0 aliphatic carbocycles. The molecule has 0 saturated carbocycles. The summed E-state index contributed by atoms with van der Waals surface area (Å²) in [6.07, 6.45) is 0.713. The molecule has 8 nitrogen and oxygen atoms in total. The van der Waals surface area contributed by atoms with Crippen molar-refractivity contribution in [2.45, 2.75) is 13.3 Å². The van der Waals surface area contributed by atoms with E-state index in [1.165, 1.54) is 4.90 Å². The molecule has 0 aliphatic heterocycles. The van der Waals surface area contributed by atoms with Crippen molar-refractivity contribution in [2.24, 2.45) is 0 Å². The summed E-state index contributed by atoms with van der Waals surface area (Å²) in [7, 11) is 0. The molecule has 0 saturated heterocycles. The molecule has 1 amide bonds. The highest BCUT2D eigenvalue weighted by Gasteiger charge is 2.22. The fourth-order valence-corrected chi connectivity index (χ4v) is 4.10. The third-order valence-corrected chi connectivity index (χ3v) is 5.96. The second-order valence-electron chi connectivity index (χ2n) is 7.45. The summed E-state index contributed by atoms with van der Waals surface area (Å²) in [5.74, 6) is -0.0591.